The lowest BCUT2D eigenvalue weighted by atomic mass is 9.97. The van der Waals surface area contributed by atoms with Gasteiger partial charge in [0.15, 0.2) is 17.4 Å². The number of aromatic amines is 1. The number of hydrogen-bond donors (Lipinski definition) is 3. The van der Waals surface area contributed by atoms with Gasteiger partial charge in [0.1, 0.15) is 23.4 Å². The van der Waals surface area contributed by atoms with Gasteiger partial charge in [-0.15, -0.1) is 16.9 Å². The lowest BCUT2D eigenvalue weighted by Crippen LogP contribution is -2.59. The normalized spacial score (nSPS) is 15.1. The first-order chi connectivity index (χ1) is 29.7. The van der Waals surface area contributed by atoms with E-state index in [4.69, 9.17) is 4.74 Å². The molecule has 0 radical (unpaired) electrons. The SMILES string of the molecule is CCC(/C=C(\C)CN1CCN(c2ccc3c(N(C=O)CCC(=O)NC)nn(C)c3c2F)CC1(C)C)Sc1ccc(Nc2nc3c(OC(C)C)c(-c4cn[nH]c4)ncn3n2)c(F)c1. The van der Waals surface area contributed by atoms with Gasteiger partial charge >= 0.3 is 0 Å². The minimum absolute atomic E-state index is 0.0988. The summed E-state index contributed by atoms with van der Waals surface area (Å²) in [6, 6.07) is 8.66. The van der Waals surface area contributed by atoms with Crippen LogP contribution in [-0.4, -0.2) is 113 Å². The summed E-state index contributed by atoms with van der Waals surface area (Å²) in [5.41, 5.74) is 3.66. The van der Waals surface area contributed by atoms with Crippen LogP contribution >= 0.6 is 11.8 Å². The van der Waals surface area contributed by atoms with Gasteiger partial charge in [-0.3, -0.25) is 29.2 Å². The number of amides is 2. The van der Waals surface area contributed by atoms with Crippen LogP contribution in [0.25, 0.3) is 27.8 Å². The third-order valence-corrected chi connectivity index (χ3v) is 12.1. The van der Waals surface area contributed by atoms with Crippen LogP contribution in [0.1, 0.15) is 54.4 Å². The molecule has 2 amide bonds. The maximum absolute atomic E-state index is 16.3. The minimum Gasteiger partial charge on any atom is -0.485 e. The monoisotopic (exact) mass is 869 g/mol. The van der Waals surface area contributed by atoms with E-state index in [1.54, 1.807) is 49.4 Å². The van der Waals surface area contributed by atoms with Crippen molar-refractivity contribution in [1.82, 2.24) is 49.8 Å². The standard InChI is InChI=1S/C43H53F2N13O3S/c1-9-29(62-30-10-12-33(32(44)19-30)50-42-51-41-39(61-26(2)3)37(28-20-48-49-21-28)47-24-58(41)53-42)18-27(4)22-57-17-16-55(23-43(57,5)6)34-13-11-31-38(36(34)45)54(8)52-40(31)56(25-59)15-14-35(60)46-7/h10-13,18-21,24-26,29H,9,14-17,22-23H2,1-8H3,(H,46,60)(H,48,49)(H,50,53)/b27-18+. The number of carbonyl (C=O) groups is 2. The topological polar surface area (TPSA) is 167 Å². The van der Waals surface area contributed by atoms with Crippen LogP contribution in [0.4, 0.5) is 31.9 Å². The van der Waals surface area contributed by atoms with E-state index in [1.165, 1.54) is 39.1 Å². The van der Waals surface area contributed by atoms with Crippen molar-refractivity contribution in [3.63, 3.8) is 0 Å². The fourth-order valence-electron chi connectivity index (χ4n) is 7.69. The Morgan fingerprint density at radius 1 is 1.16 bits per heavy atom. The van der Waals surface area contributed by atoms with E-state index >= 15 is 8.78 Å². The molecule has 0 aliphatic carbocycles. The number of halogens is 2. The molecular weight excluding hydrogens is 817 g/mol. The van der Waals surface area contributed by atoms with E-state index in [-0.39, 0.29) is 47.4 Å². The Kier molecular flexibility index (Phi) is 13.1. The molecule has 1 fully saturated rings. The van der Waals surface area contributed by atoms with Crippen LogP contribution in [0.3, 0.4) is 0 Å². The van der Waals surface area contributed by atoms with Gasteiger partial charge in [-0.25, -0.2) is 13.8 Å². The second-order valence-electron chi connectivity index (χ2n) is 16.2. The first kappa shape index (κ1) is 44.0. The van der Waals surface area contributed by atoms with E-state index in [9.17, 15) is 9.59 Å². The quantitative estimate of drug-likeness (QED) is 0.0504. The Morgan fingerprint density at radius 3 is 2.65 bits per heavy atom. The molecule has 1 unspecified atom stereocenters. The summed E-state index contributed by atoms with van der Waals surface area (Å²) in [6.45, 7) is 15.2. The van der Waals surface area contributed by atoms with Crippen molar-refractivity contribution in [3.8, 4) is 17.0 Å². The number of nitrogens with one attached hydrogen (secondary N) is 3. The third-order valence-electron chi connectivity index (χ3n) is 10.8. The predicted octanol–water partition coefficient (Wildman–Crippen LogP) is 6.73. The zero-order chi connectivity index (χ0) is 44.3. The van der Waals surface area contributed by atoms with Crippen LogP contribution in [0, 0.1) is 11.6 Å². The number of ether oxygens (including phenoxy) is 1. The molecule has 1 saturated heterocycles. The van der Waals surface area contributed by atoms with Gasteiger partial charge in [0.2, 0.25) is 23.9 Å². The Bertz CT molecular complexity index is 2590. The van der Waals surface area contributed by atoms with E-state index in [1.807, 2.05) is 19.9 Å². The highest BCUT2D eigenvalue weighted by molar-refractivity contribution is 8.00. The predicted molar refractivity (Wildman–Crippen MR) is 238 cm³/mol. The van der Waals surface area contributed by atoms with Crippen LogP contribution in [0.5, 0.6) is 5.75 Å². The van der Waals surface area contributed by atoms with Crippen molar-refractivity contribution in [2.45, 2.75) is 76.2 Å². The Balaban J connectivity index is 0.990. The summed E-state index contributed by atoms with van der Waals surface area (Å²) < 4.78 is 41.0. The Morgan fingerprint density at radius 2 is 1.97 bits per heavy atom. The van der Waals surface area contributed by atoms with Crippen molar-refractivity contribution in [2.24, 2.45) is 7.05 Å². The molecule has 0 spiro atoms. The molecule has 5 heterocycles. The summed E-state index contributed by atoms with van der Waals surface area (Å²) in [5.74, 6) is -0.0831. The van der Waals surface area contributed by atoms with Gasteiger partial charge in [0.25, 0.3) is 0 Å². The molecule has 19 heteroatoms. The van der Waals surface area contributed by atoms with Crippen LogP contribution in [-0.2, 0) is 16.6 Å². The average Bonchev–Trinajstić information content (AvgIpc) is 3.99. The number of H-pyrrole nitrogens is 1. The lowest BCUT2D eigenvalue weighted by molar-refractivity contribution is -0.120. The van der Waals surface area contributed by atoms with Crippen molar-refractivity contribution >= 4 is 63.8 Å². The summed E-state index contributed by atoms with van der Waals surface area (Å²) >= 11 is 1.60. The summed E-state index contributed by atoms with van der Waals surface area (Å²) in [6.07, 6.45) is 8.57. The number of hydrogen-bond acceptors (Lipinski definition) is 12. The summed E-state index contributed by atoms with van der Waals surface area (Å²) in [4.78, 5) is 39.5. The lowest BCUT2D eigenvalue weighted by Gasteiger charge is -2.48. The number of anilines is 4. The molecule has 1 aliphatic heterocycles. The smallest absolute Gasteiger partial charge is 0.247 e. The fourth-order valence-corrected chi connectivity index (χ4v) is 8.82. The number of piperazine rings is 1. The first-order valence-corrected chi connectivity index (χ1v) is 21.5. The molecule has 16 nitrogen and oxygen atoms in total. The maximum atomic E-state index is 16.3. The number of thioether (sulfide) groups is 1. The molecule has 3 N–H and O–H groups in total. The van der Waals surface area contributed by atoms with Crippen molar-refractivity contribution < 1.29 is 23.1 Å². The number of fused-ring (bicyclic) bond motifs is 2. The molecule has 0 saturated carbocycles. The van der Waals surface area contributed by atoms with E-state index in [2.05, 4.69) is 84.6 Å². The van der Waals surface area contributed by atoms with Crippen molar-refractivity contribution in [1.29, 1.82) is 0 Å². The zero-order valence-electron chi connectivity index (χ0n) is 36.2. The molecule has 328 valence electrons. The van der Waals surface area contributed by atoms with Crippen LogP contribution in [0.2, 0.25) is 0 Å². The number of nitrogens with zero attached hydrogens (tertiary/aromatic N) is 10. The number of rotatable bonds is 17. The average molecular weight is 870 g/mol. The highest BCUT2D eigenvalue weighted by atomic mass is 32.2. The first-order valence-electron chi connectivity index (χ1n) is 20.6. The summed E-state index contributed by atoms with van der Waals surface area (Å²) in [7, 11) is 3.19. The van der Waals surface area contributed by atoms with Gasteiger partial charge < -0.3 is 20.3 Å². The van der Waals surface area contributed by atoms with Gasteiger partial charge in [-0.1, -0.05) is 18.6 Å². The maximum Gasteiger partial charge on any atom is 0.247 e. The van der Waals surface area contributed by atoms with Gasteiger partial charge in [-0.2, -0.15) is 19.7 Å². The second-order valence-corrected chi connectivity index (χ2v) is 17.6. The van der Waals surface area contributed by atoms with Gasteiger partial charge in [-0.05, 0) is 71.4 Å². The van der Waals surface area contributed by atoms with E-state index < -0.39 is 11.6 Å². The molecule has 4 aromatic heterocycles. The molecule has 0 bridgehead atoms. The largest absolute Gasteiger partial charge is 0.485 e. The van der Waals surface area contributed by atoms with Crippen molar-refractivity contribution in [3.05, 3.63) is 72.3 Å². The zero-order valence-corrected chi connectivity index (χ0v) is 37.1. The van der Waals surface area contributed by atoms with Crippen LogP contribution in [0.15, 0.2) is 65.6 Å². The number of carbonyl (C=O) groups excluding carboxylic acids is 2. The Hall–Kier alpha value is -6.08. The minimum atomic E-state index is -0.430. The number of benzene rings is 2. The summed E-state index contributed by atoms with van der Waals surface area (Å²) in [5, 5.41) is 21.9. The molecule has 2 aromatic carbocycles. The third kappa shape index (κ3) is 9.37. The van der Waals surface area contributed by atoms with Crippen molar-refractivity contribution in [2.75, 3.05) is 54.9 Å². The fraction of sp³-hybridized carbons (Fsp3) is 0.419. The molecule has 7 rings (SSSR count). The number of aromatic nitrogens is 8. The van der Waals surface area contributed by atoms with Gasteiger partial charge in [0.05, 0.1) is 23.7 Å². The highest BCUT2D eigenvalue weighted by Crippen LogP contribution is 2.37. The van der Waals surface area contributed by atoms with Crippen LogP contribution < -0.4 is 25.2 Å². The highest BCUT2D eigenvalue weighted by Gasteiger charge is 2.35. The number of aryl methyl sites for hydroxylation is 1. The molecule has 62 heavy (non-hydrogen) atoms. The Labute approximate surface area is 363 Å². The molecule has 6 aromatic rings. The molecule has 1 aliphatic rings. The molecule has 1 atom stereocenters. The van der Waals surface area contributed by atoms with E-state index in [0.29, 0.717) is 65.5 Å². The second kappa shape index (κ2) is 18.5. The molecular formula is C43H53F2N13O3S. The van der Waals surface area contributed by atoms with Gasteiger partial charge in [0, 0.05) is 86.1 Å². The van der Waals surface area contributed by atoms with E-state index in [0.717, 1.165) is 23.4 Å².